The van der Waals surface area contributed by atoms with E-state index in [0.29, 0.717) is 0 Å². The second-order valence-electron chi connectivity index (χ2n) is 3.18. The van der Waals surface area contributed by atoms with Crippen LogP contribution < -0.4 is 5.73 Å². The normalized spacial score (nSPS) is 10.1. The highest BCUT2D eigenvalue weighted by molar-refractivity contribution is 5.76. The van der Waals surface area contributed by atoms with Crippen molar-refractivity contribution >= 4 is 5.91 Å². The lowest BCUT2D eigenvalue weighted by Crippen LogP contribution is -2.13. The number of nitrogens with zero attached hydrogens (tertiary/aromatic N) is 3. The van der Waals surface area contributed by atoms with Gasteiger partial charge in [-0.15, -0.1) is 10.2 Å². The molecule has 1 amide bonds. The maximum atomic E-state index is 10.7. The molecule has 15 heavy (non-hydrogen) atoms. The number of primary amides is 1. The van der Waals surface area contributed by atoms with Gasteiger partial charge in [-0.3, -0.25) is 9.36 Å². The molecule has 0 spiro atoms. The van der Waals surface area contributed by atoms with E-state index in [4.69, 9.17) is 5.73 Å². The second-order valence-corrected chi connectivity index (χ2v) is 3.18. The number of amides is 1. The molecule has 0 atom stereocenters. The maximum Gasteiger partial charge on any atom is 0.221 e. The van der Waals surface area contributed by atoms with Crippen LogP contribution in [0.25, 0.3) is 5.69 Å². The summed E-state index contributed by atoms with van der Waals surface area (Å²) >= 11 is 0. The minimum Gasteiger partial charge on any atom is -0.369 e. The molecule has 1 aromatic heterocycles. The zero-order valence-electron chi connectivity index (χ0n) is 8.00. The summed E-state index contributed by atoms with van der Waals surface area (Å²) in [6.45, 7) is 0. The summed E-state index contributed by atoms with van der Waals surface area (Å²) in [6, 6.07) is 7.50. The van der Waals surface area contributed by atoms with Gasteiger partial charge in [0.05, 0.1) is 6.42 Å². The lowest BCUT2D eigenvalue weighted by Gasteiger charge is -2.02. The van der Waals surface area contributed by atoms with E-state index in [0.717, 1.165) is 11.3 Å². The van der Waals surface area contributed by atoms with E-state index in [1.165, 1.54) is 0 Å². The summed E-state index contributed by atoms with van der Waals surface area (Å²) < 4.78 is 1.79. The van der Waals surface area contributed by atoms with E-state index in [2.05, 4.69) is 10.2 Å². The van der Waals surface area contributed by atoms with Crippen molar-refractivity contribution in [2.75, 3.05) is 0 Å². The van der Waals surface area contributed by atoms with E-state index < -0.39 is 0 Å². The number of hydrogen-bond acceptors (Lipinski definition) is 3. The molecule has 2 rings (SSSR count). The monoisotopic (exact) mass is 202 g/mol. The fraction of sp³-hybridized carbons (Fsp3) is 0.100. The molecule has 0 unspecified atom stereocenters. The molecule has 0 fully saturated rings. The smallest absolute Gasteiger partial charge is 0.221 e. The summed E-state index contributed by atoms with van der Waals surface area (Å²) in [6.07, 6.45) is 3.49. The van der Waals surface area contributed by atoms with Crippen LogP contribution in [0, 0.1) is 0 Å². The Bertz CT molecular complexity index is 447. The van der Waals surface area contributed by atoms with Gasteiger partial charge in [-0.05, 0) is 17.7 Å². The van der Waals surface area contributed by atoms with Crippen molar-refractivity contribution in [1.29, 1.82) is 0 Å². The van der Waals surface area contributed by atoms with Crippen LogP contribution in [0.15, 0.2) is 36.9 Å². The molecule has 2 N–H and O–H groups in total. The zero-order valence-corrected chi connectivity index (χ0v) is 8.00. The van der Waals surface area contributed by atoms with Crippen LogP contribution in [0.3, 0.4) is 0 Å². The third-order valence-corrected chi connectivity index (χ3v) is 2.03. The Hall–Kier alpha value is -2.17. The summed E-state index contributed by atoms with van der Waals surface area (Å²) in [5.41, 5.74) is 6.95. The summed E-state index contributed by atoms with van der Waals surface area (Å²) in [5, 5.41) is 7.42. The fourth-order valence-corrected chi connectivity index (χ4v) is 1.32. The quantitative estimate of drug-likeness (QED) is 0.777. The van der Waals surface area contributed by atoms with E-state index in [-0.39, 0.29) is 12.3 Å². The first-order valence-electron chi connectivity index (χ1n) is 4.48. The van der Waals surface area contributed by atoms with E-state index in [1.54, 1.807) is 17.2 Å². The van der Waals surface area contributed by atoms with Crippen LogP contribution in [-0.2, 0) is 11.2 Å². The zero-order chi connectivity index (χ0) is 10.7. The predicted octanol–water partition coefficient (Wildman–Crippen LogP) is 0.295. The molecule has 0 saturated heterocycles. The Kier molecular flexibility index (Phi) is 2.45. The first-order chi connectivity index (χ1) is 7.25. The highest BCUT2D eigenvalue weighted by Gasteiger charge is 1.99. The minimum atomic E-state index is -0.327. The molecule has 1 aromatic carbocycles. The highest BCUT2D eigenvalue weighted by atomic mass is 16.1. The summed E-state index contributed by atoms with van der Waals surface area (Å²) in [5.74, 6) is -0.327. The Balaban J connectivity index is 2.21. The molecule has 0 bridgehead atoms. The molecule has 0 aliphatic heterocycles. The summed E-state index contributed by atoms with van der Waals surface area (Å²) in [7, 11) is 0. The SMILES string of the molecule is NC(=O)Cc1ccc(-n2cnnc2)cc1. The Labute approximate surface area is 86.5 Å². The van der Waals surface area contributed by atoms with E-state index in [9.17, 15) is 4.79 Å². The predicted molar refractivity (Wildman–Crippen MR) is 54.3 cm³/mol. The molecule has 2 aromatic rings. The fourth-order valence-electron chi connectivity index (χ4n) is 1.32. The van der Waals surface area contributed by atoms with Gasteiger partial charge in [0.2, 0.25) is 5.91 Å². The average molecular weight is 202 g/mol. The standard InChI is InChI=1S/C10H10N4O/c11-10(15)5-8-1-3-9(4-2-8)14-6-12-13-7-14/h1-4,6-7H,5H2,(H2,11,15). The van der Waals surface area contributed by atoms with Gasteiger partial charge in [0, 0.05) is 5.69 Å². The molecular formula is C10H10N4O. The van der Waals surface area contributed by atoms with Gasteiger partial charge in [0.25, 0.3) is 0 Å². The lowest BCUT2D eigenvalue weighted by atomic mass is 10.1. The van der Waals surface area contributed by atoms with Gasteiger partial charge in [0.15, 0.2) is 0 Å². The summed E-state index contributed by atoms with van der Waals surface area (Å²) in [4.78, 5) is 10.7. The molecule has 1 heterocycles. The van der Waals surface area contributed by atoms with Crippen molar-refractivity contribution in [1.82, 2.24) is 14.8 Å². The van der Waals surface area contributed by atoms with Crippen LogP contribution in [0.2, 0.25) is 0 Å². The molecule has 5 heteroatoms. The second kappa shape index (κ2) is 3.91. The van der Waals surface area contributed by atoms with Crippen LogP contribution in [0.4, 0.5) is 0 Å². The third-order valence-electron chi connectivity index (χ3n) is 2.03. The molecule has 0 aliphatic rings. The highest BCUT2D eigenvalue weighted by Crippen LogP contribution is 2.08. The molecule has 0 saturated carbocycles. The van der Waals surface area contributed by atoms with Gasteiger partial charge < -0.3 is 5.73 Å². The van der Waals surface area contributed by atoms with Gasteiger partial charge in [-0.2, -0.15) is 0 Å². The Morgan fingerprint density at radius 1 is 1.20 bits per heavy atom. The average Bonchev–Trinajstić information content (AvgIpc) is 2.71. The molecular weight excluding hydrogens is 192 g/mol. The van der Waals surface area contributed by atoms with Crippen molar-refractivity contribution in [2.24, 2.45) is 5.73 Å². The van der Waals surface area contributed by atoms with Crippen molar-refractivity contribution in [3.63, 3.8) is 0 Å². The Morgan fingerprint density at radius 3 is 2.33 bits per heavy atom. The van der Waals surface area contributed by atoms with Gasteiger partial charge in [-0.25, -0.2) is 0 Å². The van der Waals surface area contributed by atoms with Crippen molar-refractivity contribution in [2.45, 2.75) is 6.42 Å². The molecule has 0 radical (unpaired) electrons. The molecule has 5 nitrogen and oxygen atoms in total. The Morgan fingerprint density at radius 2 is 1.80 bits per heavy atom. The largest absolute Gasteiger partial charge is 0.369 e. The first kappa shape index (κ1) is 9.39. The molecule has 76 valence electrons. The number of nitrogens with two attached hydrogens (primary N) is 1. The number of aromatic nitrogens is 3. The third kappa shape index (κ3) is 2.19. The number of hydrogen-bond donors (Lipinski definition) is 1. The van der Waals surface area contributed by atoms with Crippen LogP contribution in [0.5, 0.6) is 0 Å². The topological polar surface area (TPSA) is 73.8 Å². The van der Waals surface area contributed by atoms with Crippen LogP contribution >= 0.6 is 0 Å². The van der Waals surface area contributed by atoms with Crippen LogP contribution in [0.1, 0.15) is 5.56 Å². The maximum absolute atomic E-state index is 10.7. The lowest BCUT2D eigenvalue weighted by molar-refractivity contribution is -0.117. The van der Waals surface area contributed by atoms with Crippen molar-refractivity contribution in [3.05, 3.63) is 42.5 Å². The van der Waals surface area contributed by atoms with Crippen LogP contribution in [-0.4, -0.2) is 20.7 Å². The van der Waals surface area contributed by atoms with Crippen molar-refractivity contribution < 1.29 is 4.79 Å². The molecule has 0 aliphatic carbocycles. The van der Waals surface area contributed by atoms with E-state index >= 15 is 0 Å². The number of benzene rings is 1. The number of carbonyl (C=O) groups excluding carboxylic acids is 1. The number of rotatable bonds is 3. The van der Waals surface area contributed by atoms with Gasteiger partial charge in [-0.1, -0.05) is 12.1 Å². The van der Waals surface area contributed by atoms with Crippen molar-refractivity contribution in [3.8, 4) is 5.69 Å². The minimum absolute atomic E-state index is 0.266. The van der Waals surface area contributed by atoms with Gasteiger partial charge in [0.1, 0.15) is 12.7 Å². The van der Waals surface area contributed by atoms with E-state index in [1.807, 2.05) is 24.3 Å². The number of carbonyl (C=O) groups is 1. The first-order valence-corrected chi connectivity index (χ1v) is 4.48. The van der Waals surface area contributed by atoms with Gasteiger partial charge >= 0.3 is 0 Å².